The molecule has 0 fully saturated rings. The molecule has 2 aromatic carbocycles. The van der Waals surface area contributed by atoms with Gasteiger partial charge in [0, 0.05) is 11.4 Å². The van der Waals surface area contributed by atoms with Crippen LogP contribution in [-0.4, -0.2) is 17.7 Å². The number of carbonyl (C=O) groups is 1. The average molecular weight is 342 g/mol. The molecule has 0 unspecified atom stereocenters. The molecule has 126 valence electrons. The van der Waals surface area contributed by atoms with Crippen LogP contribution in [0.1, 0.15) is 34.8 Å². The van der Waals surface area contributed by atoms with E-state index in [4.69, 9.17) is 17.0 Å². The first-order valence-corrected chi connectivity index (χ1v) is 8.33. The van der Waals surface area contributed by atoms with Crippen molar-refractivity contribution < 1.29 is 9.53 Å². The summed E-state index contributed by atoms with van der Waals surface area (Å²) in [7, 11) is 0. The molecule has 0 saturated carbocycles. The van der Waals surface area contributed by atoms with Gasteiger partial charge in [0.15, 0.2) is 5.11 Å². The molecule has 0 bridgehead atoms. The number of rotatable bonds is 5. The van der Waals surface area contributed by atoms with E-state index in [1.54, 1.807) is 24.3 Å². The Bertz CT molecular complexity index is 727. The highest BCUT2D eigenvalue weighted by Gasteiger charge is 2.07. The van der Waals surface area contributed by atoms with Crippen LogP contribution in [0.15, 0.2) is 42.5 Å². The fourth-order valence-corrected chi connectivity index (χ4v) is 2.35. The number of carbonyl (C=O) groups excluding carboxylic acids is 1. The van der Waals surface area contributed by atoms with E-state index in [1.165, 1.54) is 5.56 Å². The van der Waals surface area contributed by atoms with Gasteiger partial charge in [-0.25, -0.2) is 4.79 Å². The van der Waals surface area contributed by atoms with Crippen LogP contribution in [-0.2, 0) is 4.74 Å². The number of esters is 1. The number of hydrogen-bond donors (Lipinski definition) is 2. The number of ether oxygens (including phenoxy) is 1. The van der Waals surface area contributed by atoms with Gasteiger partial charge in [0.1, 0.15) is 0 Å². The molecule has 0 saturated heterocycles. The van der Waals surface area contributed by atoms with E-state index >= 15 is 0 Å². The van der Waals surface area contributed by atoms with Crippen LogP contribution in [0, 0.1) is 13.8 Å². The molecule has 5 heteroatoms. The molecule has 0 aliphatic heterocycles. The van der Waals surface area contributed by atoms with Gasteiger partial charge >= 0.3 is 5.97 Å². The fourth-order valence-electron chi connectivity index (χ4n) is 2.12. The standard InChI is InChI=1S/C19H22N2O2S/c1-4-11-23-18(22)15-7-9-16(10-8-15)20-19(24)21-17-12-13(2)5-6-14(17)3/h5-10,12H,4,11H2,1-3H3,(H2,20,21,24). The predicted molar refractivity (Wildman–Crippen MR) is 103 cm³/mol. The smallest absolute Gasteiger partial charge is 0.338 e. The molecular formula is C19H22N2O2S. The second kappa shape index (κ2) is 8.45. The summed E-state index contributed by atoms with van der Waals surface area (Å²) in [5.74, 6) is -0.306. The highest BCUT2D eigenvalue weighted by atomic mass is 32.1. The van der Waals surface area contributed by atoms with E-state index < -0.39 is 0 Å². The van der Waals surface area contributed by atoms with Crippen LogP contribution in [0.2, 0.25) is 0 Å². The minimum Gasteiger partial charge on any atom is -0.462 e. The predicted octanol–water partition coefficient (Wildman–Crippen LogP) is 4.68. The largest absolute Gasteiger partial charge is 0.462 e. The van der Waals surface area contributed by atoms with Crippen molar-refractivity contribution in [1.82, 2.24) is 0 Å². The van der Waals surface area contributed by atoms with Gasteiger partial charge < -0.3 is 15.4 Å². The van der Waals surface area contributed by atoms with Crippen LogP contribution in [0.5, 0.6) is 0 Å². The van der Waals surface area contributed by atoms with E-state index in [0.29, 0.717) is 17.3 Å². The Morgan fingerprint density at radius 1 is 1.08 bits per heavy atom. The molecule has 24 heavy (non-hydrogen) atoms. The zero-order valence-electron chi connectivity index (χ0n) is 14.2. The van der Waals surface area contributed by atoms with Crippen molar-refractivity contribution in [3.05, 3.63) is 59.2 Å². The SMILES string of the molecule is CCCOC(=O)c1ccc(NC(=S)Nc2cc(C)ccc2C)cc1. The van der Waals surface area contributed by atoms with Gasteiger partial charge in [0.05, 0.1) is 12.2 Å². The normalized spacial score (nSPS) is 10.1. The van der Waals surface area contributed by atoms with Crippen molar-refractivity contribution in [3.63, 3.8) is 0 Å². The lowest BCUT2D eigenvalue weighted by Gasteiger charge is -2.13. The van der Waals surface area contributed by atoms with Crippen LogP contribution in [0.3, 0.4) is 0 Å². The van der Waals surface area contributed by atoms with Crippen molar-refractivity contribution in [3.8, 4) is 0 Å². The lowest BCUT2D eigenvalue weighted by atomic mass is 10.1. The van der Waals surface area contributed by atoms with E-state index in [1.807, 2.05) is 20.8 Å². The molecule has 0 spiro atoms. The second-order valence-electron chi connectivity index (χ2n) is 5.61. The number of anilines is 2. The summed E-state index contributed by atoms with van der Waals surface area (Å²) in [4.78, 5) is 11.8. The molecular weight excluding hydrogens is 320 g/mol. The third-order valence-electron chi connectivity index (χ3n) is 3.46. The molecule has 2 rings (SSSR count). The summed E-state index contributed by atoms with van der Waals surface area (Å²) in [6.07, 6.45) is 0.809. The summed E-state index contributed by atoms with van der Waals surface area (Å²) >= 11 is 5.35. The summed E-state index contributed by atoms with van der Waals surface area (Å²) in [5.41, 5.74) is 4.61. The third-order valence-corrected chi connectivity index (χ3v) is 3.66. The van der Waals surface area contributed by atoms with Crippen LogP contribution in [0.25, 0.3) is 0 Å². The Morgan fingerprint density at radius 3 is 2.46 bits per heavy atom. The third kappa shape index (κ3) is 5.06. The number of nitrogens with one attached hydrogen (secondary N) is 2. The van der Waals surface area contributed by atoms with Gasteiger partial charge in [-0.15, -0.1) is 0 Å². The van der Waals surface area contributed by atoms with Gasteiger partial charge in [0.2, 0.25) is 0 Å². The highest BCUT2D eigenvalue weighted by molar-refractivity contribution is 7.80. The molecule has 0 atom stereocenters. The molecule has 0 heterocycles. The molecule has 0 aliphatic carbocycles. The molecule has 2 N–H and O–H groups in total. The Kier molecular flexibility index (Phi) is 6.32. The molecule has 0 amide bonds. The zero-order chi connectivity index (χ0) is 17.5. The average Bonchev–Trinajstić information content (AvgIpc) is 2.56. The quantitative estimate of drug-likeness (QED) is 0.610. The van der Waals surface area contributed by atoms with Crippen molar-refractivity contribution in [2.24, 2.45) is 0 Å². The summed E-state index contributed by atoms with van der Waals surface area (Å²) in [5, 5.41) is 6.81. The Hall–Kier alpha value is -2.40. The van der Waals surface area contributed by atoms with Gasteiger partial charge in [0.25, 0.3) is 0 Å². The maximum atomic E-state index is 11.8. The number of hydrogen-bond acceptors (Lipinski definition) is 3. The van der Waals surface area contributed by atoms with E-state index in [9.17, 15) is 4.79 Å². The van der Waals surface area contributed by atoms with Gasteiger partial charge in [-0.1, -0.05) is 19.1 Å². The van der Waals surface area contributed by atoms with Gasteiger partial charge in [-0.2, -0.15) is 0 Å². The monoisotopic (exact) mass is 342 g/mol. The van der Waals surface area contributed by atoms with Crippen molar-refractivity contribution in [2.45, 2.75) is 27.2 Å². The van der Waals surface area contributed by atoms with Crippen molar-refractivity contribution >= 4 is 34.7 Å². The minimum absolute atomic E-state index is 0.306. The van der Waals surface area contributed by atoms with Crippen LogP contribution in [0.4, 0.5) is 11.4 Å². The lowest BCUT2D eigenvalue weighted by Crippen LogP contribution is -2.19. The van der Waals surface area contributed by atoms with Crippen molar-refractivity contribution in [2.75, 3.05) is 17.2 Å². The van der Waals surface area contributed by atoms with E-state index in [2.05, 4.69) is 28.8 Å². The maximum absolute atomic E-state index is 11.8. The van der Waals surface area contributed by atoms with Crippen LogP contribution >= 0.6 is 12.2 Å². The number of benzene rings is 2. The first-order chi connectivity index (χ1) is 11.5. The summed E-state index contributed by atoms with van der Waals surface area (Å²) in [6, 6.07) is 13.2. The summed E-state index contributed by atoms with van der Waals surface area (Å²) in [6.45, 7) is 6.46. The topological polar surface area (TPSA) is 50.4 Å². The summed E-state index contributed by atoms with van der Waals surface area (Å²) < 4.78 is 5.10. The Labute approximate surface area is 148 Å². The Morgan fingerprint density at radius 2 is 1.79 bits per heavy atom. The first kappa shape index (κ1) is 17.9. The molecule has 0 aromatic heterocycles. The molecule has 4 nitrogen and oxygen atoms in total. The highest BCUT2D eigenvalue weighted by Crippen LogP contribution is 2.17. The molecule has 0 radical (unpaired) electrons. The van der Waals surface area contributed by atoms with Crippen molar-refractivity contribution in [1.29, 1.82) is 0 Å². The minimum atomic E-state index is -0.306. The second-order valence-corrected chi connectivity index (χ2v) is 6.02. The zero-order valence-corrected chi connectivity index (χ0v) is 15.0. The Balaban J connectivity index is 1.97. The number of thiocarbonyl (C=S) groups is 1. The fraction of sp³-hybridized carbons (Fsp3) is 0.263. The van der Waals surface area contributed by atoms with Gasteiger partial charge in [-0.05, 0) is 73.9 Å². The maximum Gasteiger partial charge on any atom is 0.338 e. The molecule has 0 aliphatic rings. The van der Waals surface area contributed by atoms with E-state index in [-0.39, 0.29) is 5.97 Å². The first-order valence-electron chi connectivity index (χ1n) is 7.92. The number of aryl methyl sites for hydroxylation is 2. The lowest BCUT2D eigenvalue weighted by molar-refractivity contribution is 0.0505. The van der Waals surface area contributed by atoms with Gasteiger partial charge in [-0.3, -0.25) is 0 Å². The van der Waals surface area contributed by atoms with Crippen LogP contribution < -0.4 is 10.6 Å². The van der Waals surface area contributed by atoms with E-state index in [0.717, 1.165) is 23.4 Å². The molecule has 2 aromatic rings.